The highest BCUT2D eigenvalue weighted by Crippen LogP contribution is 2.32. The molecule has 0 bridgehead atoms. The number of alkyl halides is 7. The average molecular weight is 567 g/mol. The number of carbonyl (C=O) groups is 1. The van der Waals surface area contributed by atoms with Crippen molar-refractivity contribution in [1.29, 1.82) is 0 Å². The SMILES string of the molecule is CC(CO[C@@H]1CCN([C@@H]2CCN(c3ncc(C(F)(F)F)cn3)C[C@H]2F)C1=O)Nc1cn[nH]c(=O)c1C(F)(F)F. The molecule has 2 aromatic rings. The van der Waals surface area contributed by atoms with Crippen molar-refractivity contribution >= 4 is 17.5 Å². The fourth-order valence-corrected chi connectivity index (χ4v) is 4.57. The molecule has 2 aromatic heterocycles. The second-order valence-electron chi connectivity index (χ2n) is 9.26. The predicted molar refractivity (Wildman–Crippen MR) is 122 cm³/mol. The maximum atomic E-state index is 15.1. The molecule has 4 rings (SSSR count). The predicted octanol–water partition coefficient (Wildman–Crippen LogP) is 2.63. The number of rotatable bonds is 7. The van der Waals surface area contributed by atoms with Gasteiger partial charge in [-0.25, -0.2) is 19.5 Å². The number of anilines is 2. The molecule has 0 radical (unpaired) electrons. The lowest BCUT2D eigenvalue weighted by Crippen LogP contribution is -2.54. The highest BCUT2D eigenvalue weighted by atomic mass is 19.4. The van der Waals surface area contributed by atoms with Crippen LogP contribution in [0.25, 0.3) is 0 Å². The third kappa shape index (κ3) is 6.39. The molecule has 0 spiro atoms. The van der Waals surface area contributed by atoms with Crippen LogP contribution in [0, 0.1) is 0 Å². The van der Waals surface area contributed by atoms with Crippen LogP contribution in [0.5, 0.6) is 0 Å². The number of ether oxygens (including phenoxy) is 1. The number of piperidine rings is 1. The summed E-state index contributed by atoms with van der Waals surface area (Å²) < 4.78 is 98.5. The normalized spacial score (nSPS) is 23.3. The maximum Gasteiger partial charge on any atom is 0.423 e. The summed E-state index contributed by atoms with van der Waals surface area (Å²) in [6.07, 6.45) is -9.49. The molecule has 2 N–H and O–H groups in total. The molecule has 2 aliphatic heterocycles. The molecule has 2 aliphatic rings. The summed E-state index contributed by atoms with van der Waals surface area (Å²) in [7, 11) is 0. The summed E-state index contributed by atoms with van der Waals surface area (Å²) in [4.78, 5) is 34.6. The molecule has 4 heterocycles. The molecule has 1 unspecified atom stereocenters. The number of nitrogens with zero attached hydrogens (tertiary/aromatic N) is 5. The minimum atomic E-state index is -4.92. The van der Waals surface area contributed by atoms with Gasteiger partial charge in [0.25, 0.3) is 11.5 Å². The van der Waals surface area contributed by atoms with Crippen LogP contribution in [-0.2, 0) is 21.9 Å². The summed E-state index contributed by atoms with van der Waals surface area (Å²) in [6.45, 7) is 1.49. The number of aromatic nitrogens is 4. The molecule has 2 fully saturated rings. The number of H-pyrrole nitrogens is 1. The van der Waals surface area contributed by atoms with Crippen molar-refractivity contribution in [3.63, 3.8) is 0 Å². The van der Waals surface area contributed by atoms with Crippen LogP contribution in [0.3, 0.4) is 0 Å². The zero-order valence-corrected chi connectivity index (χ0v) is 20.4. The van der Waals surface area contributed by atoms with E-state index in [4.69, 9.17) is 4.74 Å². The van der Waals surface area contributed by atoms with E-state index in [9.17, 15) is 35.9 Å². The van der Waals surface area contributed by atoms with E-state index >= 15 is 4.39 Å². The standard InChI is InChI=1S/C22H24F7N7O3/c1-11(33-14-8-32-34-18(37)17(14)22(27,28)29)10-39-16-3-5-36(19(16)38)15-2-4-35(9-13(15)23)20-30-6-12(7-31-20)21(24,25)26/h6-8,11,13,15-16H,2-5,9-10H2,1H3,(H2,33,34,37)/t11?,13-,15-,16-/m1/s1. The molecular weight excluding hydrogens is 543 g/mol. The summed E-state index contributed by atoms with van der Waals surface area (Å²) in [5, 5.41) is 7.63. The third-order valence-corrected chi connectivity index (χ3v) is 6.44. The van der Waals surface area contributed by atoms with Crippen molar-refractivity contribution in [3.8, 4) is 0 Å². The topological polar surface area (TPSA) is 116 Å². The van der Waals surface area contributed by atoms with E-state index in [1.807, 2.05) is 0 Å². The van der Waals surface area contributed by atoms with Crippen molar-refractivity contribution < 1.29 is 40.3 Å². The van der Waals surface area contributed by atoms with Gasteiger partial charge >= 0.3 is 12.4 Å². The second kappa shape index (κ2) is 10.9. The number of amides is 1. The van der Waals surface area contributed by atoms with E-state index in [1.165, 1.54) is 16.7 Å². The Morgan fingerprint density at radius 3 is 2.38 bits per heavy atom. The van der Waals surface area contributed by atoms with Gasteiger partial charge in [-0.1, -0.05) is 0 Å². The van der Waals surface area contributed by atoms with Crippen molar-refractivity contribution in [1.82, 2.24) is 25.1 Å². The molecule has 214 valence electrons. The van der Waals surface area contributed by atoms with E-state index in [2.05, 4.69) is 20.4 Å². The third-order valence-electron chi connectivity index (χ3n) is 6.44. The zero-order valence-electron chi connectivity index (χ0n) is 20.4. The van der Waals surface area contributed by atoms with Gasteiger partial charge < -0.3 is 19.9 Å². The summed E-state index contributed by atoms with van der Waals surface area (Å²) in [5.41, 5.74) is -4.40. The highest BCUT2D eigenvalue weighted by Gasteiger charge is 2.43. The maximum absolute atomic E-state index is 15.1. The van der Waals surface area contributed by atoms with Crippen LogP contribution in [-0.4, -0.2) is 81.6 Å². The van der Waals surface area contributed by atoms with E-state index in [-0.39, 0.29) is 45.0 Å². The number of carbonyl (C=O) groups excluding carboxylic acids is 1. The molecule has 0 saturated carbocycles. The number of likely N-dealkylation sites (tertiary alicyclic amines) is 1. The quantitative estimate of drug-likeness (QED) is 0.491. The van der Waals surface area contributed by atoms with Crippen molar-refractivity contribution in [3.05, 3.63) is 40.1 Å². The van der Waals surface area contributed by atoms with E-state index in [0.29, 0.717) is 12.4 Å². The Hall–Kier alpha value is -3.50. The lowest BCUT2D eigenvalue weighted by atomic mass is 10.0. The second-order valence-corrected chi connectivity index (χ2v) is 9.26. The molecule has 10 nitrogen and oxygen atoms in total. The molecular formula is C22H24F7N7O3. The van der Waals surface area contributed by atoms with E-state index < -0.39 is 65.0 Å². The van der Waals surface area contributed by atoms with Crippen molar-refractivity contribution in [2.24, 2.45) is 0 Å². The monoisotopic (exact) mass is 567 g/mol. The van der Waals surface area contributed by atoms with Crippen LogP contribution < -0.4 is 15.8 Å². The Morgan fingerprint density at radius 2 is 1.77 bits per heavy atom. The fraction of sp³-hybridized carbons (Fsp3) is 0.591. The molecule has 2 saturated heterocycles. The lowest BCUT2D eigenvalue weighted by Gasteiger charge is -2.39. The van der Waals surface area contributed by atoms with Gasteiger partial charge in [0.05, 0.1) is 36.6 Å². The Kier molecular flexibility index (Phi) is 7.99. The number of hydrogen-bond donors (Lipinski definition) is 2. The first-order chi connectivity index (χ1) is 18.3. The summed E-state index contributed by atoms with van der Waals surface area (Å²) in [5.74, 6) is -0.522. The number of hydrogen-bond acceptors (Lipinski definition) is 8. The Balaban J connectivity index is 1.30. The van der Waals surface area contributed by atoms with Gasteiger partial charge in [0.1, 0.15) is 17.8 Å². The van der Waals surface area contributed by atoms with Gasteiger partial charge in [-0.05, 0) is 13.3 Å². The average Bonchev–Trinajstić information content (AvgIpc) is 3.21. The summed E-state index contributed by atoms with van der Waals surface area (Å²) >= 11 is 0. The molecule has 0 aliphatic carbocycles. The van der Waals surface area contributed by atoms with Crippen LogP contribution in [0.4, 0.5) is 42.4 Å². The van der Waals surface area contributed by atoms with Crippen LogP contribution in [0.1, 0.15) is 30.9 Å². The first kappa shape index (κ1) is 28.5. The van der Waals surface area contributed by atoms with Crippen LogP contribution >= 0.6 is 0 Å². The molecule has 39 heavy (non-hydrogen) atoms. The van der Waals surface area contributed by atoms with Gasteiger partial charge in [0.2, 0.25) is 5.95 Å². The fourth-order valence-electron chi connectivity index (χ4n) is 4.57. The van der Waals surface area contributed by atoms with Crippen LogP contribution in [0.15, 0.2) is 23.4 Å². The van der Waals surface area contributed by atoms with Gasteiger partial charge in [0, 0.05) is 37.9 Å². The molecule has 17 heteroatoms. The van der Waals surface area contributed by atoms with Crippen LogP contribution in [0.2, 0.25) is 0 Å². The Morgan fingerprint density at radius 1 is 1.08 bits per heavy atom. The summed E-state index contributed by atoms with van der Waals surface area (Å²) in [6, 6.07) is -1.53. The number of aromatic amines is 1. The van der Waals surface area contributed by atoms with Crippen molar-refractivity contribution in [2.45, 2.75) is 56.5 Å². The van der Waals surface area contributed by atoms with Gasteiger partial charge in [0.15, 0.2) is 0 Å². The number of nitrogens with one attached hydrogen (secondary N) is 2. The van der Waals surface area contributed by atoms with Gasteiger partial charge in [-0.15, -0.1) is 0 Å². The largest absolute Gasteiger partial charge is 0.423 e. The Labute approximate surface area is 216 Å². The minimum Gasteiger partial charge on any atom is -0.378 e. The molecule has 1 amide bonds. The van der Waals surface area contributed by atoms with Gasteiger partial charge in [-0.3, -0.25) is 9.59 Å². The highest BCUT2D eigenvalue weighted by molar-refractivity contribution is 5.83. The number of halogens is 7. The lowest BCUT2D eigenvalue weighted by molar-refractivity contribution is -0.140. The molecule has 0 aromatic carbocycles. The van der Waals surface area contributed by atoms with Gasteiger partial charge in [-0.2, -0.15) is 31.4 Å². The first-order valence-corrected chi connectivity index (χ1v) is 11.9. The minimum absolute atomic E-state index is 0.0520. The van der Waals surface area contributed by atoms with E-state index in [1.54, 1.807) is 5.10 Å². The van der Waals surface area contributed by atoms with Crippen molar-refractivity contribution in [2.75, 3.05) is 36.5 Å². The smallest absolute Gasteiger partial charge is 0.378 e. The Bertz CT molecular complexity index is 1220. The first-order valence-electron chi connectivity index (χ1n) is 11.9. The molecule has 4 atom stereocenters. The van der Waals surface area contributed by atoms with E-state index in [0.717, 1.165) is 6.20 Å². The zero-order chi connectivity index (χ0) is 28.5.